The molecule has 2 amide bonds. The molecule has 116 valence electrons. The van der Waals surface area contributed by atoms with E-state index in [1.165, 1.54) is 0 Å². The Morgan fingerprint density at radius 3 is 2.45 bits per heavy atom. The number of piperazine rings is 1. The molecule has 0 aromatic carbocycles. The molecule has 20 heavy (non-hydrogen) atoms. The van der Waals surface area contributed by atoms with Gasteiger partial charge >= 0.3 is 0 Å². The van der Waals surface area contributed by atoms with Crippen LogP contribution in [0.1, 0.15) is 26.7 Å². The first kappa shape index (κ1) is 16.9. The molecule has 0 aliphatic carbocycles. The van der Waals surface area contributed by atoms with Gasteiger partial charge in [0.05, 0.1) is 13.2 Å². The highest BCUT2D eigenvalue weighted by Crippen LogP contribution is 2.14. The van der Waals surface area contributed by atoms with E-state index in [1.807, 2.05) is 32.8 Å². The lowest BCUT2D eigenvalue weighted by atomic mass is 10.0. The lowest BCUT2D eigenvalue weighted by molar-refractivity contribution is -0.150. The first-order chi connectivity index (χ1) is 9.51. The number of carbonyl (C=O) groups excluding carboxylic acids is 2. The molecule has 1 N–H and O–H groups in total. The van der Waals surface area contributed by atoms with Gasteiger partial charge in [0.15, 0.2) is 0 Å². The predicted octanol–water partition coefficient (Wildman–Crippen LogP) is 0.0802. The molecule has 1 saturated heterocycles. The summed E-state index contributed by atoms with van der Waals surface area (Å²) in [6.07, 6.45) is 1.25. The summed E-state index contributed by atoms with van der Waals surface area (Å²) in [5, 5.41) is 2.79. The number of ether oxygens (including phenoxy) is 1. The van der Waals surface area contributed by atoms with E-state index in [-0.39, 0.29) is 23.9 Å². The van der Waals surface area contributed by atoms with E-state index in [0.717, 1.165) is 6.54 Å². The van der Waals surface area contributed by atoms with E-state index >= 15 is 0 Å². The molecule has 1 aliphatic rings. The third kappa shape index (κ3) is 4.45. The lowest BCUT2D eigenvalue weighted by Gasteiger charge is -2.38. The normalized spacial score (nSPS) is 23.4. The number of carbonyl (C=O) groups is 2. The van der Waals surface area contributed by atoms with Gasteiger partial charge in [0.1, 0.15) is 12.1 Å². The highest BCUT2D eigenvalue weighted by molar-refractivity contribution is 5.96. The van der Waals surface area contributed by atoms with Crippen LogP contribution >= 0.6 is 0 Å². The number of likely N-dealkylation sites (N-methyl/N-ethyl adjacent to an activating group) is 1. The molecular weight excluding hydrogens is 258 g/mol. The van der Waals surface area contributed by atoms with Gasteiger partial charge in [-0.05, 0) is 26.9 Å². The van der Waals surface area contributed by atoms with Crippen LogP contribution in [0, 0.1) is 0 Å². The quantitative estimate of drug-likeness (QED) is 0.642. The summed E-state index contributed by atoms with van der Waals surface area (Å²) >= 11 is 0. The molecule has 6 heteroatoms. The van der Waals surface area contributed by atoms with Crippen LogP contribution in [0.15, 0.2) is 0 Å². The molecule has 0 spiro atoms. The van der Waals surface area contributed by atoms with E-state index in [2.05, 4.69) is 5.32 Å². The fraction of sp³-hybridized carbons (Fsp3) is 0.857. The summed E-state index contributed by atoms with van der Waals surface area (Å²) in [7, 11) is 3.97. The fourth-order valence-corrected chi connectivity index (χ4v) is 2.29. The SMILES string of the molecule is CCC1NC(=O)C(CC)N(CCOCCN(C)C)C1=O. The number of nitrogens with zero attached hydrogens (tertiary/aromatic N) is 2. The largest absolute Gasteiger partial charge is 0.378 e. The number of hydrogen-bond acceptors (Lipinski definition) is 4. The zero-order valence-electron chi connectivity index (χ0n) is 13.0. The Morgan fingerprint density at radius 2 is 1.90 bits per heavy atom. The van der Waals surface area contributed by atoms with Crippen LogP contribution in [0.2, 0.25) is 0 Å². The van der Waals surface area contributed by atoms with Gasteiger partial charge in [-0.15, -0.1) is 0 Å². The van der Waals surface area contributed by atoms with E-state index < -0.39 is 0 Å². The molecule has 6 nitrogen and oxygen atoms in total. The van der Waals surface area contributed by atoms with Crippen LogP contribution in [0.25, 0.3) is 0 Å². The van der Waals surface area contributed by atoms with Crippen LogP contribution in [0.5, 0.6) is 0 Å². The van der Waals surface area contributed by atoms with Crippen molar-refractivity contribution in [3.8, 4) is 0 Å². The van der Waals surface area contributed by atoms with E-state index in [0.29, 0.717) is 32.6 Å². The predicted molar refractivity (Wildman–Crippen MR) is 77.4 cm³/mol. The van der Waals surface area contributed by atoms with Gasteiger partial charge in [-0.1, -0.05) is 13.8 Å². The molecule has 2 atom stereocenters. The Labute approximate surface area is 121 Å². The van der Waals surface area contributed by atoms with Crippen LogP contribution in [0.4, 0.5) is 0 Å². The highest BCUT2D eigenvalue weighted by atomic mass is 16.5. The van der Waals surface area contributed by atoms with E-state index in [1.54, 1.807) is 4.90 Å². The maximum absolute atomic E-state index is 12.3. The van der Waals surface area contributed by atoms with Gasteiger partial charge in [-0.2, -0.15) is 0 Å². The lowest BCUT2D eigenvalue weighted by Crippen LogP contribution is -2.63. The standard InChI is InChI=1S/C14H27N3O3/c1-5-11-14(19)17(12(6-2)13(18)15-11)8-10-20-9-7-16(3)4/h11-12H,5-10H2,1-4H3,(H,15,18). The number of rotatable bonds is 8. The van der Waals surface area contributed by atoms with Gasteiger partial charge in [0, 0.05) is 13.1 Å². The Hall–Kier alpha value is -1.14. The first-order valence-corrected chi connectivity index (χ1v) is 7.34. The van der Waals surface area contributed by atoms with Crippen molar-refractivity contribution in [1.82, 2.24) is 15.1 Å². The van der Waals surface area contributed by atoms with Crippen molar-refractivity contribution in [2.75, 3.05) is 40.4 Å². The zero-order chi connectivity index (χ0) is 15.1. The molecule has 0 radical (unpaired) electrons. The molecule has 0 bridgehead atoms. The van der Waals surface area contributed by atoms with E-state index in [9.17, 15) is 9.59 Å². The molecule has 1 rings (SSSR count). The molecule has 0 aromatic rings. The monoisotopic (exact) mass is 285 g/mol. The molecule has 2 unspecified atom stereocenters. The molecular formula is C14H27N3O3. The Kier molecular flexibility index (Phi) is 6.95. The summed E-state index contributed by atoms with van der Waals surface area (Å²) in [6, 6.07) is -0.741. The number of hydrogen-bond donors (Lipinski definition) is 1. The van der Waals surface area contributed by atoms with Crippen molar-refractivity contribution in [3.63, 3.8) is 0 Å². The van der Waals surface area contributed by atoms with E-state index in [4.69, 9.17) is 4.74 Å². The van der Waals surface area contributed by atoms with Crippen molar-refractivity contribution in [2.24, 2.45) is 0 Å². The minimum atomic E-state index is -0.382. The summed E-state index contributed by atoms with van der Waals surface area (Å²) in [5.74, 6) is -0.0394. The second kappa shape index (κ2) is 8.21. The second-order valence-electron chi connectivity index (χ2n) is 5.34. The smallest absolute Gasteiger partial charge is 0.245 e. The molecule has 1 fully saturated rings. The Morgan fingerprint density at radius 1 is 1.20 bits per heavy atom. The number of amides is 2. The van der Waals surface area contributed by atoms with Gasteiger partial charge in [0.25, 0.3) is 0 Å². The topological polar surface area (TPSA) is 61.9 Å². The van der Waals surface area contributed by atoms with Crippen molar-refractivity contribution in [1.29, 1.82) is 0 Å². The van der Waals surface area contributed by atoms with Crippen LogP contribution in [-0.2, 0) is 14.3 Å². The van der Waals surface area contributed by atoms with Crippen molar-refractivity contribution in [2.45, 2.75) is 38.8 Å². The van der Waals surface area contributed by atoms with Gasteiger partial charge < -0.3 is 19.9 Å². The van der Waals surface area contributed by atoms with Gasteiger partial charge in [-0.3, -0.25) is 9.59 Å². The maximum atomic E-state index is 12.3. The zero-order valence-corrected chi connectivity index (χ0v) is 13.0. The summed E-state index contributed by atoms with van der Waals surface area (Å²) in [5.41, 5.74) is 0. The molecule has 0 aromatic heterocycles. The van der Waals surface area contributed by atoms with Crippen molar-refractivity contribution in [3.05, 3.63) is 0 Å². The van der Waals surface area contributed by atoms with Crippen molar-refractivity contribution < 1.29 is 14.3 Å². The summed E-state index contributed by atoms with van der Waals surface area (Å²) in [6.45, 7) is 6.26. The minimum absolute atomic E-state index is 0.00941. The van der Waals surface area contributed by atoms with Crippen LogP contribution in [-0.4, -0.2) is 74.1 Å². The average molecular weight is 285 g/mol. The average Bonchev–Trinajstić information content (AvgIpc) is 2.41. The summed E-state index contributed by atoms with van der Waals surface area (Å²) in [4.78, 5) is 28.0. The van der Waals surface area contributed by atoms with Gasteiger partial charge in [0.2, 0.25) is 11.8 Å². The minimum Gasteiger partial charge on any atom is -0.378 e. The third-order valence-electron chi connectivity index (χ3n) is 3.53. The molecule has 1 heterocycles. The Balaban J connectivity index is 2.49. The first-order valence-electron chi connectivity index (χ1n) is 7.34. The molecule has 1 aliphatic heterocycles. The molecule has 0 saturated carbocycles. The Bertz CT molecular complexity index is 334. The maximum Gasteiger partial charge on any atom is 0.245 e. The summed E-state index contributed by atoms with van der Waals surface area (Å²) < 4.78 is 5.53. The van der Waals surface area contributed by atoms with Crippen LogP contribution < -0.4 is 5.32 Å². The van der Waals surface area contributed by atoms with Crippen LogP contribution in [0.3, 0.4) is 0 Å². The van der Waals surface area contributed by atoms with Gasteiger partial charge in [-0.25, -0.2) is 0 Å². The fourth-order valence-electron chi connectivity index (χ4n) is 2.29. The second-order valence-corrected chi connectivity index (χ2v) is 5.34. The van der Waals surface area contributed by atoms with Crippen molar-refractivity contribution >= 4 is 11.8 Å². The third-order valence-corrected chi connectivity index (χ3v) is 3.53. The number of nitrogens with one attached hydrogen (secondary N) is 1. The highest BCUT2D eigenvalue weighted by Gasteiger charge is 2.38.